The van der Waals surface area contributed by atoms with Crippen molar-refractivity contribution in [3.05, 3.63) is 0 Å². The number of hydrogen-bond donors (Lipinski definition) is 2. The van der Waals surface area contributed by atoms with Crippen LogP contribution >= 0.6 is 0 Å². The number of hydrogen-bond acceptors (Lipinski definition) is 6. The lowest BCUT2D eigenvalue weighted by Crippen LogP contribution is -2.79. The van der Waals surface area contributed by atoms with Gasteiger partial charge in [0.25, 0.3) is 5.91 Å². The standard InChI is InChI=1S/C9H16N4O4/c1-4-17-7(15)9(11)5(10)12(2)8(16)13(3)6(9)14/h5H,4,10-11H2,1-3H3. The molecule has 1 aliphatic rings. The van der Waals surface area contributed by atoms with E-state index in [1.54, 1.807) is 6.92 Å². The van der Waals surface area contributed by atoms with Gasteiger partial charge in [-0.2, -0.15) is 0 Å². The van der Waals surface area contributed by atoms with Gasteiger partial charge in [-0.05, 0) is 6.92 Å². The van der Waals surface area contributed by atoms with E-state index in [1.165, 1.54) is 14.1 Å². The lowest BCUT2D eigenvalue weighted by atomic mass is 9.92. The van der Waals surface area contributed by atoms with Crippen LogP contribution in [0.25, 0.3) is 0 Å². The lowest BCUT2D eigenvalue weighted by molar-refractivity contribution is -0.161. The first kappa shape index (κ1) is 13.4. The van der Waals surface area contributed by atoms with Crippen LogP contribution in [0, 0.1) is 0 Å². The van der Waals surface area contributed by atoms with Gasteiger partial charge in [-0.3, -0.25) is 9.69 Å². The summed E-state index contributed by atoms with van der Waals surface area (Å²) in [5, 5.41) is 0. The highest BCUT2D eigenvalue weighted by molar-refractivity contribution is 6.14. The number of ether oxygens (including phenoxy) is 1. The van der Waals surface area contributed by atoms with E-state index in [1.807, 2.05) is 0 Å². The highest BCUT2D eigenvalue weighted by Gasteiger charge is 2.57. The third-order valence-corrected chi connectivity index (χ3v) is 2.74. The van der Waals surface area contributed by atoms with Crippen molar-refractivity contribution in [3.63, 3.8) is 0 Å². The molecular weight excluding hydrogens is 228 g/mol. The van der Waals surface area contributed by atoms with Crippen LogP contribution in [-0.2, 0) is 14.3 Å². The Morgan fingerprint density at radius 1 is 1.47 bits per heavy atom. The number of carbonyl (C=O) groups is 3. The maximum Gasteiger partial charge on any atom is 0.339 e. The van der Waals surface area contributed by atoms with Crippen LogP contribution in [0.5, 0.6) is 0 Å². The molecule has 1 rings (SSSR count). The summed E-state index contributed by atoms with van der Waals surface area (Å²) in [6.07, 6.45) is -1.25. The average Bonchev–Trinajstić information content (AvgIpc) is 2.31. The minimum Gasteiger partial charge on any atom is -0.464 e. The van der Waals surface area contributed by atoms with Crippen molar-refractivity contribution in [2.45, 2.75) is 18.6 Å². The van der Waals surface area contributed by atoms with Gasteiger partial charge in [0.2, 0.25) is 5.54 Å². The fourth-order valence-corrected chi connectivity index (χ4v) is 1.61. The summed E-state index contributed by atoms with van der Waals surface area (Å²) in [5.74, 6) is -1.81. The molecule has 17 heavy (non-hydrogen) atoms. The minimum atomic E-state index is -2.06. The van der Waals surface area contributed by atoms with Gasteiger partial charge in [-0.25, -0.2) is 9.59 Å². The number of urea groups is 1. The summed E-state index contributed by atoms with van der Waals surface area (Å²) in [5.41, 5.74) is 9.33. The Bertz CT molecular complexity index is 372. The molecule has 1 heterocycles. The van der Waals surface area contributed by atoms with E-state index < -0.39 is 29.6 Å². The van der Waals surface area contributed by atoms with Gasteiger partial charge >= 0.3 is 12.0 Å². The van der Waals surface area contributed by atoms with Crippen molar-refractivity contribution < 1.29 is 19.1 Å². The van der Waals surface area contributed by atoms with Gasteiger partial charge < -0.3 is 21.1 Å². The first-order valence-corrected chi connectivity index (χ1v) is 5.05. The number of imide groups is 1. The number of rotatable bonds is 2. The number of nitrogens with two attached hydrogens (primary N) is 2. The fraction of sp³-hybridized carbons (Fsp3) is 0.667. The third-order valence-electron chi connectivity index (χ3n) is 2.74. The molecule has 0 aromatic carbocycles. The molecule has 4 N–H and O–H groups in total. The Morgan fingerprint density at radius 2 is 2.00 bits per heavy atom. The molecule has 2 atom stereocenters. The number of likely N-dealkylation sites (N-methyl/N-ethyl adjacent to an activating group) is 2. The van der Waals surface area contributed by atoms with Crippen LogP contribution in [0.15, 0.2) is 0 Å². The van der Waals surface area contributed by atoms with Crippen molar-refractivity contribution in [2.24, 2.45) is 11.5 Å². The van der Waals surface area contributed by atoms with Crippen LogP contribution in [0.3, 0.4) is 0 Å². The topological polar surface area (TPSA) is 119 Å². The Kier molecular flexibility index (Phi) is 3.39. The number of carbonyl (C=O) groups excluding carboxylic acids is 3. The van der Waals surface area contributed by atoms with Crippen molar-refractivity contribution in [1.82, 2.24) is 9.80 Å². The fourth-order valence-electron chi connectivity index (χ4n) is 1.61. The first-order valence-electron chi connectivity index (χ1n) is 5.05. The van der Waals surface area contributed by atoms with Gasteiger partial charge in [0.05, 0.1) is 6.61 Å². The Balaban J connectivity index is 3.16. The van der Waals surface area contributed by atoms with Gasteiger partial charge in [-0.1, -0.05) is 0 Å². The number of amides is 3. The van der Waals surface area contributed by atoms with E-state index in [2.05, 4.69) is 0 Å². The lowest BCUT2D eigenvalue weighted by Gasteiger charge is -2.43. The molecule has 0 spiro atoms. The predicted molar refractivity (Wildman–Crippen MR) is 57.5 cm³/mol. The van der Waals surface area contributed by atoms with E-state index in [0.29, 0.717) is 0 Å². The molecule has 2 unspecified atom stereocenters. The molecule has 0 aromatic heterocycles. The summed E-state index contributed by atoms with van der Waals surface area (Å²) >= 11 is 0. The summed E-state index contributed by atoms with van der Waals surface area (Å²) in [7, 11) is 2.59. The van der Waals surface area contributed by atoms with Gasteiger partial charge in [0.1, 0.15) is 6.17 Å². The third kappa shape index (κ3) is 1.75. The summed E-state index contributed by atoms with van der Waals surface area (Å²) < 4.78 is 4.73. The van der Waals surface area contributed by atoms with Crippen molar-refractivity contribution in [2.75, 3.05) is 20.7 Å². The molecule has 1 aliphatic heterocycles. The molecule has 96 valence electrons. The second-order valence-corrected chi connectivity index (χ2v) is 3.79. The minimum absolute atomic E-state index is 0.0686. The second kappa shape index (κ2) is 4.30. The summed E-state index contributed by atoms with van der Waals surface area (Å²) in [6.45, 7) is 1.65. The van der Waals surface area contributed by atoms with E-state index in [9.17, 15) is 14.4 Å². The highest BCUT2D eigenvalue weighted by Crippen LogP contribution is 2.21. The molecule has 0 aliphatic carbocycles. The van der Waals surface area contributed by atoms with E-state index in [4.69, 9.17) is 16.2 Å². The maximum absolute atomic E-state index is 11.9. The number of nitrogens with zero attached hydrogens (tertiary/aromatic N) is 2. The molecule has 0 saturated carbocycles. The zero-order valence-corrected chi connectivity index (χ0v) is 9.97. The first-order chi connectivity index (χ1) is 7.78. The van der Waals surface area contributed by atoms with Crippen LogP contribution < -0.4 is 11.5 Å². The molecule has 1 saturated heterocycles. The Hall–Kier alpha value is -1.67. The van der Waals surface area contributed by atoms with Gasteiger partial charge in [0.15, 0.2) is 0 Å². The highest BCUT2D eigenvalue weighted by atomic mass is 16.5. The molecule has 3 amide bonds. The molecule has 8 heteroatoms. The monoisotopic (exact) mass is 244 g/mol. The van der Waals surface area contributed by atoms with Crippen LogP contribution in [-0.4, -0.2) is 60.1 Å². The smallest absolute Gasteiger partial charge is 0.339 e. The largest absolute Gasteiger partial charge is 0.464 e. The molecule has 0 radical (unpaired) electrons. The predicted octanol–water partition coefficient (Wildman–Crippen LogP) is -1.94. The van der Waals surface area contributed by atoms with Crippen LogP contribution in [0.2, 0.25) is 0 Å². The second-order valence-electron chi connectivity index (χ2n) is 3.79. The van der Waals surface area contributed by atoms with Crippen molar-refractivity contribution >= 4 is 17.9 Å². The van der Waals surface area contributed by atoms with Crippen LogP contribution in [0.4, 0.5) is 4.79 Å². The number of esters is 1. The van der Waals surface area contributed by atoms with E-state index in [0.717, 1.165) is 9.80 Å². The van der Waals surface area contributed by atoms with Crippen LogP contribution in [0.1, 0.15) is 6.92 Å². The molecule has 1 fully saturated rings. The molecule has 8 nitrogen and oxygen atoms in total. The SMILES string of the molecule is CCOC(=O)C1(N)C(=O)N(C)C(=O)N(C)C1N. The quantitative estimate of drug-likeness (QED) is 0.430. The Labute approximate surface area is 98.5 Å². The maximum atomic E-state index is 11.9. The molecular formula is C9H16N4O4. The van der Waals surface area contributed by atoms with Crippen molar-refractivity contribution in [3.8, 4) is 0 Å². The van der Waals surface area contributed by atoms with Gasteiger partial charge in [0, 0.05) is 14.1 Å². The van der Waals surface area contributed by atoms with Crippen molar-refractivity contribution in [1.29, 1.82) is 0 Å². The zero-order valence-electron chi connectivity index (χ0n) is 9.97. The molecule has 0 aromatic rings. The average molecular weight is 244 g/mol. The molecule has 0 bridgehead atoms. The van der Waals surface area contributed by atoms with E-state index >= 15 is 0 Å². The zero-order chi connectivity index (χ0) is 13.4. The van der Waals surface area contributed by atoms with Gasteiger partial charge in [-0.15, -0.1) is 0 Å². The van der Waals surface area contributed by atoms with E-state index in [-0.39, 0.29) is 6.61 Å². The summed E-state index contributed by atoms with van der Waals surface area (Å²) in [4.78, 5) is 37.0. The Morgan fingerprint density at radius 3 is 2.47 bits per heavy atom. The normalized spacial score (nSPS) is 29.6. The summed E-state index contributed by atoms with van der Waals surface area (Å²) in [6, 6.07) is -0.618.